The van der Waals surface area contributed by atoms with E-state index in [4.69, 9.17) is 15.7 Å². The number of benzene rings is 1. The molecule has 0 bridgehead atoms. The largest absolute Gasteiger partial charge is 0.479 e. The van der Waals surface area contributed by atoms with Crippen LogP contribution in [0.2, 0.25) is 0 Å². The number of nitrogens with two attached hydrogens (primary N) is 1. The van der Waals surface area contributed by atoms with E-state index in [0.717, 1.165) is 5.56 Å². The molecule has 1 aromatic heterocycles. The molecule has 3 rings (SSSR count). The number of halogens is 1. The lowest BCUT2D eigenvalue weighted by molar-refractivity contribution is -0.142. The lowest BCUT2D eigenvalue weighted by atomic mass is 9.82. The zero-order valence-corrected chi connectivity index (χ0v) is 12.6. The molecule has 1 unspecified atom stereocenters. The number of carbonyl (C=O) groups is 1. The van der Waals surface area contributed by atoms with Crippen molar-refractivity contribution in [3.05, 3.63) is 53.1 Å². The number of aliphatic carboxylic acids is 1. The van der Waals surface area contributed by atoms with Crippen LogP contribution in [0.4, 0.5) is 10.3 Å². The van der Waals surface area contributed by atoms with E-state index >= 15 is 0 Å². The minimum absolute atomic E-state index is 0.0135. The number of hydrogen-bond donors (Lipinski definition) is 2. The van der Waals surface area contributed by atoms with Gasteiger partial charge in [0.05, 0.1) is 11.4 Å². The average molecular weight is 330 g/mol. The zero-order valence-electron chi connectivity index (χ0n) is 12.6. The Morgan fingerprint density at radius 1 is 1.38 bits per heavy atom. The Morgan fingerprint density at radius 3 is 2.83 bits per heavy atom. The third kappa shape index (κ3) is 3.48. The molecule has 1 heterocycles. The van der Waals surface area contributed by atoms with E-state index in [1.165, 1.54) is 12.1 Å². The number of carboxylic acids is 1. The van der Waals surface area contributed by atoms with Crippen LogP contribution < -0.4 is 5.73 Å². The molecule has 0 saturated heterocycles. The molecule has 3 N–H and O–H groups in total. The molecule has 0 amide bonds. The Bertz CT molecular complexity index is 792. The van der Waals surface area contributed by atoms with Crippen molar-refractivity contribution in [3.63, 3.8) is 0 Å². The van der Waals surface area contributed by atoms with Crippen molar-refractivity contribution < 1.29 is 19.1 Å². The summed E-state index contributed by atoms with van der Waals surface area (Å²) >= 11 is 0. The van der Waals surface area contributed by atoms with Gasteiger partial charge in [0.25, 0.3) is 0 Å². The maximum atomic E-state index is 13.1. The Balaban J connectivity index is 1.93. The molecule has 0 radical (unpaired) electrons. The van der Waals surface area contributed by atoms with Crippen LogP contribution in [-0.2, 0) is 16.1 Å². The lowest BCUT2D eigenvalue weighted by Gasteiger charge is -2.25. The quantitative estimate of drug-likeness (QED) is 0.826. The molecule has 0 spiro atoms. The van der Waals surface area contributed by atoms with Crippen LogP contribution in [0.5, 0.6) is 0 Å². The van der Waals surface area contributed by atoms with Crippen molar-refractivity contribution in [2.24, 2.45) is 5.16 Å². The Kier molecular flexibility index (Phi) is 4.37. The van der Waals surface area contributed by atoms with E-state index in [-0.39, 0.29) is 17.7 Å². The standard InChI is InChI=1S/C16H15FN4O3/c17-11-3-1-9(2-4-11)10-5-13-12(7-19-16(18)20-13)14(6-10)21-24-8-15(22)23/h1-4,7,10H,5-6,8H2,(H,22,23)(H2,18,19,20)/b21-14+. The first kappa shape index (κ1) is 15.9. The Hall–Kier alpha value is -3.03. The van der Waals surface area contributed by atoms with Crippen LogP contribution in [0.15, 0.2) is 35.6 Å². The van der Waals surface area contributed by atoms with Crippen LogP contribution in [-0.4, -0.2) is 33.4 Å². The van der Waals surface area contributed by atoms with Crippen molar-refractivity contribution in [2.75, 3.05) is 12.3 Å². The van der Waals surface area contributed by atoms with Crippen LogP contribution in [0, 0.1) is 5.82 Å². The Morgan fingerprint density at radius 2 is 2.12 bits per heavy atom. The summed E-state index contributed by atoms with van der Waals surface area (Å²) in [6.07, 6.45) is 2.67. The molecule has 1 aliphatic carbocycles. The van der Waals surface area contributed by atoms with Gasteiger partial charge in [-0.1, -0.05) is 17.3 Å². The fourth-order valence-corrected chi connectivity index (χ4v) is 2.70. The van der Waals surface area contributed by atoms with Gasteiger partial charge < -0.3 is 15.7 Å². The molecule has 0 fully saturated rings. The minimum Gasteiger partial charge on any atom is -0.479 e. The fourth-order valence-electron chi connectivity index (χ4n) is 2.70. The van der Waals surface area contributed by atoms with E-state index in [1.807, 2.05) is 0 Å². The van der Waals surface area contributed by atoms with Gasteiger partial charge in [0.15, 0.2) is 0 Å². The van der Waals surface area contributed by atoms with Crippen LogP contribution >= 0.6 is 0 Å². The van der Waals surface area contributed by atoms with Crippen LogP contribution in [0.25, 0.3) is 0 Å². The number of hydrogen-bond acceptors (Lipinski definition) is 6. The van der Waals surface area contributed by atoms with Gasteiger partial charge in [0.2, 0.25) is 12.6 Å². The van der Waals surface area contributed by atoms with Gasteiger partial charge in [-0.3, -0.25) is 0 Å². The predicted octanol–water partition coefficient (Wildman–Crippen LogP) is 1.73. The summed E-state index contributed by atoms with van der Waals surface area (Å²) in [7, 11) is 0. The molecule has 1 aromatic carbocycles. The Labute approximate surface area is 137 Å². The molecule has 1 aliphatic rings. The first-order chi connectivity index (χ1) is 11.5. The van der Waals surface area contributed by atoms with Gasteiger partial charge in [-0.05, 0) is 30.0 Å². The van der Waals surface area contributed by atoms with E-state index in [0.29, 0.717) is 29.8 Å². The topological polar surface area (TPSA) is 111 Å². The second-order valence-corrected chi connectivity index (χ2v) is 5.45. The summed E-state index contributed by atoms with van der Waals surface area (Å²) in [5.41, 5.74) is 8.53. The van der Waals surface area contributed by atoms with Crippen molar-refractivity contribution in [3.8, 4) is 0 Å². The van der Waals surface area contributed by atoms with Gasteiger partial charge in [-0.2, -0.15) is 0 Å². The highest BCUT2D eigenvalue weighted by atomic mass is 19.1. The SMILES string of the molecule is Nc1ncc2c(n1)CC(c1ccc(F)cc1)C/C2=N\OCC(=O)O. The highest BCUT2D eigenvalue weighted by Crippen LogP contribution is 2.32. The van der Waals surface area contributed by atoms with Crippen LogP contribution in [0.1, 0.15) is 29.2 Å². The molecular weight excluding hydrogens is 315 g/mol. The number of carboxylic acid groups (broad SMARTS) is 1. The van der Waals surface area contributed by atoms with Crippen LogP contribution in [0.3, 0.4) is 0 Å². The fraction of sp³-hybridized carbons (Fsp3) is 0.250. The average Bonchev–Trinajstić information content (AvgIpc) is 2.54. The molecule has 24 heavy (non-hydrogen) atoms. The maximum absolute atomic E-state index is 13.1. The number of aromatic nitrogens is 2. The van der Waals surface area contributed by atoms with Gasteiger partial charge in [-0.25, -0.2) is 19.2 Å². The molecule has 0 saturated carbocycles. The first-order valence-electron chi connectivity index (χ1n) is 7.31. The highest BCUT2D eigenvalue weighted by molar-refractivity contribution is 6.02. The number of nitrogen functional groups attached to an aromatic ring is 1. The maximum Gasteiger partial charge on any atom is 0.344 e. The van der Waals surface area contributed by atoms with Gasteiger partial charge in [0, 0.05) is 18.2 Å². The van der Waals surface area contributed by atoms with Crippen molar-refractivity contribution in [1.29, 1.82) is 0 Å². The van der Waals surface area contributed by atoms with Gasteiger partial charge in [0.1, 0.15) is 5.82 Å². The van der Waals surface area contributed by atoms with E-state index in [2.05, 4.69) is 15.1 Å². The van der Waals surface area contributed by atoms with Crippen molar-refractivity contribution in [1.82, 2.24) is 9.97 Å². The second kappa shape index (κ2) is 6.61. The van der Waals surface area contributed by atoms with Crippen molar-refractivity contribution >= 4 is 17.6 Å². The summed E-state index contributed by atoms with van der Waals surface area (Å²) in [5, 5.41) is 12.6. The summed E-state index contributed by atoms with van der Waals surface area (Å²) < 4.78 is 13.1. The third-order valence-corrected chi connectivity index (χ3v) is 3.78. The molecule has 7 nitrogen and oxygen atoms in total. The van der Waals surface area contributed by atoms with E-state index in [1.54, 1.807) is 18.3 Å². The van der Waals surface area contributed by atoms with E-state index < -0.39 is 12.6 Å². The summed E-state index contributed by atoms with van der Waals surface area (Å²) in [5.74, 6) is -1.25. The smallest absolute Gasteiger partial charge is 0.344 e. The lowest BCUT2D eigenvalue weighted by Crippen LogP contribution is -2.22. The van der Waals surface area contributed by atoms with E-state index in [9.17, 15) is 9.18 Å². The molecule has 0 aliphatic heterocycles. The number of anilines is 1. The number of rotatable bonds is 4. The summed E-state index contributed by atoms with van der Waals surface area (Å²) in [6.45, 7) is -0.532. The minimum atomic E-state index is -1.11. The number of oxime groups is 1. The zero-order chi connectivity index (χ0) is 17.1. The normalized spacial score (nSPS) is 18.2. The summed E-state index contributed by atoms with van der Waals surface area (Å²) in [4.78, 5) is 23.6. The molecular formula is C16H15FN4O3. The first-order valence-corrected chi connectivity index (χ1v) is 7.31. The summed E-state index contributed by atoms with van der Waals surface area (Å²) in [6, 6.07) is 6.23. The monoisotopic (exact) mass is 330 g/mol. The van der Waals surface area contributed by atoms with Gasteiger partial charge in [-0.15, -0.1) is 0 Å². The molecule has 2 aromatic rings. The van der Waals surface area contributed by atoms with Gasteiger partial charge >= 0.3 is 5.97 Å². The van der Waals surface area contributed by atoms with Crippen molar-refractivity contribution in [2.45, 2.75) is 18.8 Å². The molecule has 8 heteroatoms. The highest BCUT2D eigenvalue weighted by Gasteiger charge is 2.27. The number of fused-ring (bicyclic) bond motifs is 1. The molecule has 1 atom stereocenters. The predicted molar refractivity (Wildman–Crippen MR) is 84.0 cm³/mol. The molecule has 124 valence electrons. The third-order valence-electron chi connectivity index (χ3n) is 3.78. The second-order valence-electron chi connectivity index (χ2n) is 5.45. The number of nitrogens with zero attached hydrogens (tertiary/aromatic N) is 3.